The number of carbonyl (C=O) groups is 1. The molecule has 0 saturated heterocycles. The van der Waals surface area contributed by atoms with Crippen molar-refractivity contribution in [2.75, 3.05) is 0 Å². The van der Waals surface area contributed by atoms with Crippen LogP contribution in [-0.4, -0.2) is 21.6 Å². The second kappa shape index (κ2) is 4.59. The number of phenolic OH excluding ortho intramolecular Hbond substituents is 1. The van der Waals surface area contributed by atoms with Crippen molar-refractivity contribution in [1.29, 1.82) is 0 Å². The van der Waals surface area contributed by atoms with Crippen LogP contribution in [0.15, 0.2) is 35.1 Å². The summed E-state index contributed by atoms with van der Waals surface area (Å²) in [5.74, 6) is 0.286. The molecule has 0 fully saturated rings. The van der Waals surface area contributed by atoms with Crippen molar-refractivity contribution in [3.8, 4) is 11.5 Å². The third-order valence-corrected chi connectivity index (χ3v) is 4.53. The highest BCUT2D eigenvalue weighted by molar-refractivity contribution is 5.99. The van der Waals surface area contributed by atoms with Gasteiger partial charge in [0.2, 0.25) is 5.43 Å². The van der Waals surface area contributed by atoms with Crippen LogP contribution in [0.25, 0.3) is 21.8 Å². The van der Waals surface area contributed by atoms with E-state index in [1.807, 2.05) is 23.7 Å². The summed E-state index contributed by atoms with van der Waals surface area (Å²) in [7, 11) is 1.85. The first kappa shape index (κ1) is 13.8. The van der Waals surface area contributed by atoms with Gasteiger partial charge in [-0.1, -0.05) is 12.1 Å². The minimum absolute atomic E-state index is 0.0698. The largest absolute Gasteiger partial charge is 0.507 e. The number of nitrogens with zero attached hydrogens (tertiary/aromatic N) is 1. The number of phenols is 1. The molecule has 0 radical (unpaired) electrons. The van der Waals surface area contributed by atoms with Gasteiger partial charge in [0.05, 0.1) is 16.4 Å². The van der Waals surface area contributed by atoms with Gasteiger partial charge in [-0.25, -0.2) is 0 Å². The predicted molar refractivity (Wildman–Crippen MR) is 87.2 cm³/mol. The Labute approximate surface area is 131 Å². The molecule has 5 heteroatoms. The highest BCUT2D eigenvalue weighted by Crippen LogP contribution is 2.39. The quantitative estimate of drug-likeness (QED) is 0.700. The van der Waals surface area contributed by atoms with Crippen LogP contribution in [0.2, 0.25) is 0 Å². The predicted octanol–water partition coefficient (Wildman–Crippen LogP) is 2.29. The van der Waals surface area contributed by atoms with Gasteiger partial charge in [-0.05, 0) is 19.1 Å². The maximum absolute atomic E-state index is 12.8. The highest BCUT2D eigenvalue weighted by Gasteiger charge is 2.31. The van der Waals surface area contributed by atoms with Gasteiger partial charge in [0, 0.05) is 30.5 Å². The van der Waals surface area contributed by atoms with Crippen LogP contribution >= 0.6 is 0 Å². The molecular formula is C18H15NO4. The monoisotopic (exact) mass is 309 g/mol. The summed E-state index contributed by atoms with van der Waals surface area (Å²) in [6, 6.07) is 8.72. The molecule has 1 aromatic heterocycles. The second-order valence-electron chi connectivity index (χ2n) is 5.92. The minimum atomic E-state index is -0.559. The fraction of sp³-hybridized carbons (Fsp3) is 0.222. The van der Waals surface area contributed by atoms with Crippen molar-refractivity contribution in [3.05, 3.63) is 46.1 Å². The fourth-order valence-corrected chi connectivity index (χ4v) is 3.39. The molecule has 1 aliphatic rings. The van der Waals surface area contributed by atoms with Gasteiger partial charge < -0.3 is 14.4 Å². The average molecular weight is 309 g/mol. The zero-order chi connectivity index (χ0) is 16.3. The van der Waals surface area contributed by atoms with Crippen molar-refractivity contribution in [3.63, 3.8) is 0 Å². The molecule has 1 aliphatic heterocycles. The van der Waals surface area contributed by atoms with E-state index < -0.39 is 6.10 Å². The second-order valence-corrected chi connectivity index (χ2v) is 5.92. The summed E-state index contributed by atoms with van der Waals surface area (Å²) in [4.78, 5) is 24.4. The number of Topliss-reactive ketones (excluding diaryl/α,β-unsaturated/α-hetero) is 1. The first-order chi connectivity index (χ1) is 11.0. The summed E-state index contributed by atoms with van der Waals surface area (Å²) in [5.41, 5.74) is 2.00. The van der Waals surface area contributed by atoms with Gasteiger partial charge >= 0.3 is 0 Å². The number of aromatic hydroxyl groups is 1. The fourth-order valence-electron chi connectivity index (χ4n) is 3.39. The maximum atomic E-state index is 12.8. The number of hydrogen-bond acceptors (Lipinski definition) is 4. The Morgan fingerprint density at radius 1 is 1.35 bits per heavy atom. The summed E-state index contributed by atoms with van der Waals surface area (Å²) < 4.78 is 7.52. The Bertz CT molecular complexity index is 1050. The van der Waals surface area contributed by atoms with Crippen molar-refractivity contribution >= 4 is 27.6 Å². The van der Waals surface area contributed by atoms with E-state index in [0.29, 0.717) is 23.1 Å². The Morgan fingerprint density at radius 2 is 2.09 bits per heavy atom. The molecule has 116 valence electrons. The molecule has 0 spiro atoms. The van der Waals surface area contributed by atoms with Crippen LogP contribution < -0.4 is 10.2 Å². The lowest BCUT2D eigenvalue weighted by atomic mass is 10.0. The van der Waals surface area contributed by atoms with Gasteiger partial charge in [-0.2, -0.15) is 0 Å². The minimum Gasteiger partial charge on any atom is -0.507 e. The summed E-state index contributed by atoms with van der Waals surface area (Å²) in [6.45, 7) is 1.48. The smallest absolute Gasteiger partial charge is 0.200 e. The lowest BCUT2D eigenvalue weighted by Crippen LogP contribution is -2.22. The number of aromatic nitrogens is 1. The number of rotatable bonds is 1. The zero-order valence-electron chi connectivity index (χ0n) is 12.8. The number of ketones is 1. The molecule has 0 amide bonds. The Morgan fingerprint density at radius 3 is 2.83 bits per heavy atom. The number of fused-ring (bicyclic) bond motifs is 4. The third-order valence-electron chi connectivity index (χ3n) is 4.53. The molecule has 4 rings (SSSR count). The molecule has 1 atom stereocenters. The summed E-state index contributed by atoms with van der Waals surface area (Å²) >= 11 is 0. The highest BCUT2D eigenvalue weighted by atomic mass is 16.5. The van der Waals surface area contributed by atoms with Crippen molar-refractivity contribution in [1.82, 2.24) is 4.57 Å². The Balaban J connectivity index is 2.19. The molecule has 0 aliphatic carbocycles. The standard InChI is InChI=1S/C18H15NO4/c1-9(20)14-7-11-15(23-14)8-13(21)16-17(11)19(2)12-6-4-3-5-10(12)18(16)22/h3-6,8,14,21H,7H2,1-2H3. The van der Waals surface area contributed by atoms with E-state index in [9.17, 15) is 14.7 Å². The van der Waals surface area contributed by atoms with Crippen molar-refractivity contribution in [2.45, 2.75) is 19.4 Å². The lowest BCUT2D eigenvalue weighted by Gasteiger charge is -2.14. The van der Waals surface area contributed by atoms with Crippen molar-refractivity contribution in [2.24, 2.45) is 7.05 Å². The zero-order valence-corrected chi connectivity index (χ0v) is 12.8. The van der Waals surface area contributed by atoms with E-state index in [-0.39, 0.29) is 22.3 Å². The average Bonchev–Trinajstić information content (AvgIpc) is 2.95. The van der Waals surface area contributed by atoms with Gasteiger partial charge in [-0.3, -0.25) is 9.59 Å². The maximum Gasteiger partial charge on any atom is 0.200 e. The topological polar surface area (TPSA) is 68.5 Å². The van der Waals surface area contributed by atoms with E-state index in [1.54, 1.807) is 12.1 Å². The number of para-hydroxylation sites is 1. The van der Waals surface area contributed by atoms with Gasteiger partial charge in [-0.15, -0.1) is 0 Å². The van der Waals surface area contributed by atoms with Crippen LogP contribution in [0.1, 0.15) is 12.5 Å². The molecule has 1 unspecified atom stereocenters. The van der Waals surface area contributed by atoms with E-state index in [0.717, 1.165) is 11.1 Å². The molecule has 0 saturated carbocycles. The van der Waals surface area contributed by atoms with Crippen LogP contribution in [0.4, 0.5) is 0 Å². The number of benzene rings is 2. The molecule has 3 aromatic rings. The van der Waals surface area contributed by atoms with Crippen LogP contribution in [0, 0.1) is 0 Å². The molecule has 2 aromatic carbocycles. The summed E-state index contributed by atoms with van der Waals surface area (Å²) in [5, 5.41) is 11.2. The molecule has 0 bridgehead atoms. The van der Waals surface area contributed by atoms with Gasteiger partial charge in [0.1, 0.15) is 11.5 Å². The first-order valence-corrected chi connectivity index (χ1v) is 7.42. The number of carbonyl (C=O) groups excluding carboxylic acids is 1. The van der Waals surface area contributed by atoms with Crippen LogP contribution in [-0.2, 0) is 18.3 Å². The van der Waals surface area contributed by atoms with Gasteiger partial charge in [0.15, 0.2) is 11.9 Å². The molecule has 23 heavy (non-hydrogen) atoms. The Hall–Kier alpha value is -2.82. The number of hydrogen-bond donors (Lipinski definition) is 1. The number of pyridine rings is 1. The van der Waals surface area contributed by atoms with Crippen LogP contribution in [0.5, 0.6) is 11.5 Å². The molecule has 2 heterocycles. The normalized spacial score (nSPS) is 16.5. The first-order valence-electron chi connectivity index (χ1n) is 7.42. The lowest BCUT2D eigenvalue weighted by molar-refractivity contribution is -0.122. The van der Waals surface area contributed by atoms with Gasteiger partial charge in [0.25, 0.3) is 0 Å². The number of aryl methyl sites for hydroxylation is 1. The number of ether oxygens (including phenoxy) is 1. The van der Waals surface area contributed by atoms with E-state index >= 15 is 0 Å². The van der Waals surface area contributed by atoms with Crippen LogP contribution in [0.3, 0.4) is 0 Å². The van der Waals surface area contributed by atoms with E-state index in [2.05, 4.69) is 0 Å². The van der Waals surface area contributed by atoms with Crippen molar-refractivity contribution < 1.29 is 14.6 Å². The SMILES string of the molecule is CC(=O)C1Cc2c(cc(O)c3c(=O)c4ccccc4n(C)c23)O1. The van der Waals surface area contributed by atoms with E-state index in [4.69, 9.17) is 4.74 Å². The molecule has 5 nitrogen and oxygen atoms in total. The molecular weight excluding hydrogens is 294 g/mol. The molecule has 1 N–H and O–H groups in total. The third kappa shape index (κ3) is 1.79. The summed E-state index contributed by atoms with van der Waals surface area (Å²) in [6.07, 6.45) is -0.149. The van der Waals surface area contributed by atoms with E-state index in [1.165, 1.54) is 13.0 Å². The Kier molecular flexibility index (Phi) is 2.75.